The SMILES string of the molecule is C[C@@H](NC1=[NH+]CCCCC1)c1ccccc1. The topological polar surface area (TPSA) is 26.0 Å². The van der Waals surface area contributed by atoms with Crippen LogP contribution in [0.3, 0.4) is 0 Å². The van der Waals surface area contributed by atoms with E-state index in [1.165, 1.54) is 30.7 Å². The highest BCUT2D eigenvalue weighted by Gasteiger charge is 2.14. The Morgan fingerprint density at radius 2 is 1.94 bits per heavy atom. The van der Waals surface area contributed by atoms with Gasteiger partial charge in [-0.1, -0.05) is 30.3 Å². The molecule has 0 bridgehead atoms. The molecule has 1 aromatic rings. The van der Waals surface area contributed by atoms with Crippen LogP contribution in [0.2, 0.25) is 0 Å². The second-order valence-electron chi connectivity index (χ2n) is 4.49. The molecule has 2 N–H and O–H groups in total. The first-order valence-corrected chi connectivity index (χ1v) is 6.27. The molecule has 16 heavy (non-hydrogen) atoms. The average Bonchev–Trinajstić information content (AvgIpc) is 2.59. The molecule has 1 aliphatic rings. The Morgan fingerprint density at radius 1 is 1.12 bits per heavy atom. The lowest BCUT2D eigenvalue weighted by Crippen LogP contribution is -2.75. The highest BCUT2D eigenvalue weighted by atomic mass is 15.0. The van der Waals surface area contributed by atoms with E-state index < -0.39 is 0 Å². The Labute approximate surface area is 97.8 Å². The quantitative estimate of drug-likeness (QED) is 0.769. The number of benzene rings is 1. The van der Waals surface area contributed by atoms with Crippen LogP contribution in [0.1, 0.15) is 44.2 Å². The summed E-state index contributed by atoms with van der Waals surface area (Å²) in [5.41, 5.74) is 1.35. The zero-order valence-corrected chi connectivity index (χ0v) is 10.00. The van der Waals surface area contributed by atoms with Crippen molar-refractivity contribution in [1.29, 1.82) is 0 Å². The summed E-state index contributed by atoms with van der Waals surface area (Å²) in [7, 11) is 0. The van der Waals surface area contributed by atoms with E-state index in [9.17, 15) is 0 Å². The van der Waals surface area contributed by atoms with Crippen molar-refractivity contribution in [3.63, 3.8) is 0 Å². The lowest BCUT2D eigenvalue weighted by atomic mass is 10.1. The molecule has 0 spiro atoms. The fourth-order valence-electron chi connectivity index (χ4n) is 2.14. The van der Waals surface area contributed by atoms with Gasteiger partial charge < -0.3 is 0 Å². The normalized spacial score (nSPS) is 18.4. The van der Waals surface area contributed by atoms with Gasteiger partial charge in [0.15, 0.2) is 0 Å². The number of hydrogen-bond acceptors (Lipinski definition) is 1. The van der Waals surface area contributed by atoms with Crippen LogP contribution in [-0.4, -0.2) is 12.4 Å². The van der Waals surface area contributed by atoms with Crippen molar-refractivity contribution in [2.45, 2.75) is 38.6 Å². The lowest BCUT2D eigenvalue weighted by molar-refractivity contribution is -0.460. The van der Waals surface area contributed by atoms with Crippen LogP contribution in [0.15, 0.2) is 30.3 Å². The third kappa shape index (κ3) is 3.09. The Bertz CT molecular complexity index is 343. The predicted octanol–water partition coefficient (Wildman–Crippen LogP) is 1.39. The van der Waals surface area contributed by atoms with Crippen LogP contribution in [0.25, 0.3) is 0 Å². The van der Waals surface area contributed by atoms with Crippen LogP contribution in [0.4, 0.5) is 0 Å². The third-order valence-corrected chi connectivity index (χ3v) is 3.13. The van der Waals surface area contributed by atoms with E-state index in [1.54, 1.807) is 0 Å². The van der Waals surface area contributed by atoms with Crippen LogP contribution >= 0.6 is 0 Å². The maximum absolute atomic E-state index is 3.58. The molecule has 0 unspecified atom stereocenters. The molecule has 0 saturated heterocycles. The van der Waals surface area contributed by atoms with Crippen LogP contribution in [0.5, 0.6) is 0 Å². The van der Waals surface area contributed by atoms with Crippen molar-refractivity contribution in [3.05, 3.63) is 35.9 Å². The van der Waals surface area contributed by atoms with Gasteiger partial charge in [-0.2, -0.15) is 0 Å². The van der Waals surface area contributed by atoms with Crippen LogP contribution < -0.4 is 10.3 Å². The Balaban J connectivity index is 1.96. The van der Waals surface area contributed by atoms with E-state index in [2.05, 4.69) is 47.6 Å². The molecule has 86 valence electrons. The molecule has 2 nitrogen and oxygen atoms in total. The number of hydrogen-bond donors (Lipinski definition) is 2. The van der Waals surface area contributed by atoms with Gasteiger partial charge >= 0.3 is 0 Å². The molecule has 0 radical (unpaired) electrons. The third-order valence-electron chi connectivity index (χ3n) is 3.13. The Kier molecular flexibility index (Phi) is 3.97. The fourth-order valence-corrected chi connectivity index (χ4v) is 2.14. The van der Waals surface area contributed by atoms with Gasteiger partial charge in [-0.25, -0.2) is 0 Å². The van der Waals surface area contributed by atoms with Crippen molar-refractivity contribution < 1.29 is 4.99 Å². The summed E-state index contributed by atoms with van der Waals surface area (Å²) in [6.45, 7) is 3.33. The first kappa shape index (κ1) is 11.2. The van der Waals surface area contributed by atoms with Crippen molar-refractivity contribution in [2.24, 2.45) is 0 Å². The van der Waals surface area contributed by atoms with Crippen LogP contribution in [0, 0.1) is 0 Å². The van der Waals surface area contributed by atoms with E-state index in [1.807, 2.05) is 0 Å². The molecule has 0 amide bonds. The van der Waals surface area contributed by atoms with E-state index in [0.29, 0.717) is 6.04 Å². The molecule has 1 atom stereocenters. The van der Waals surface area contributed by atoms with Crippen molar-refractivity contribution in [3.8, 4) is 0 Å². The summed E-state index contributed by atoms with van der Waals surface area (Å²) < 4.78 is 0. The smallest absolute Gasteiger partial charge is 0.242 e. The van der Waals surface area contributed by atoms with Crippen molar-refractivity contribution in [1.82, 2.24) is 5.32 Å². The zero-order chi connectivity index (χ0) is 11.2. The van der Waals surface area contributed by atoms with Gasteiger partial charge in [-0.05, 0) is 31.7 Å². The largest absolute Gasteiger partial charge is 0.279 e. The molecule has 0 saturated carbocycles. The zero-order valence-electron chi connectivity index (χ0n) is 10.00. The van der Waals surface area contributed by atoms with E-state index in [0.717, 1.165) is 13.0 Å². The first-order valence-electron chi connectivity index (χ1n) is 6.27. The minimum absolute atomic E-state index is 0.391. The molecule has 2 heteroatoms. The molecule has 1 heterocycles. The van der Waals surface area contributed by atoms with Crippen LogP contribution in [-0.2, 0) is 0 Å². The minimum Gasteiger partial charge on any atom is -0.279 e. The summed E-state index contributed by atoms with van der Waals surface area (Å²) in [4.78, 5) is 3.49. The predicted molar refractivity (Wildman–Crippen MR) is 67.3 cm³/mol. The monoisotopic (exact) mass is 217 g/mol. The summed E-state index contributed by atoms with van der Waals surface area (Å²) in [5, 5.41) is 3.58. The second-order valence-corrected chi connectivity index (χ2v) is 4.49. The van der Waals surface area contributed by atoms with Crippen molar-refractivity contribution >= 4 is 5.84 Å². The van der Waals surface area contributed by atoms with E-state index in [-0.39, 0.29) is 0 Å². The van der Waals surface area contributed by atoms with Gasteiger partial charge in [0.05, 0.1) is 6.54 Å². The standard InChI is InChI=1S/C14H20N2/c1-12(13-8-4-2-5-9-13)16-14-10-6-3-7-11-15-14/h2,4-5,8-9,12H,3,6-7,10-11H2,1H3,(H,15,16)/p+1/t12-/m1/s1. The number of nitrogens with one attached hydrogen (secondary N) is 2. The summed E-state index contributed by atoms with van der Waals surface area (Å²) in [6, 6.07) is 11.0. The molecule has 1 aliphatic heterocycles. The van der Waals surface area contributed by atoms with Gasteiger partial charge in [-0.15, -0.1) is 0 Å². The number of amidine groups is 1. The van der Waals surface area contributed by atoms with Gasteiger partial charge in [0, 0.05) is 6.42 Å². The van der Waals surface area contributed by atoms with Gasteiger partial charge in [0.2, 0.25) is 5.84 Å². The Hall–Kier alpha value is -1.31. The number of rotatable bonds is 2. The molecular formula is C14H21N2+. The molecule has 0 fully saturated rings. The van der Waals surface area contributed by atoms with E-state index in [4.69, 9.17) is 0 Å². The van der Waals surface area contributed by atoms with Gasteiger partial charge in [-0.3, -0.25) is 10.3 Å². The molecule has 2 rings (SSSR count). The maximum atomic E-state index is 3.58. The highest BCUT2D eigenvalue weighted by Crippen LogP contribution is 2.11. The highest BCUT2D eigenvalue weighted by molar-refractivity contribution is 5.76. The van der Waals surface area contributed by atoms with Gasteiger partial charge in [0.1, 0.15) is 6.04 Å². The maximum Gasteiger partial charge on any atom is 0.242 e. The molecule has 1 aromatic carbocycles. The van der Waals surface area contributed by atoms with E-state index >= 15 is 0 Å². The summed E-state index contributed by atoms with van der Waals surface area (Å²) in [5.74, 6) is 1.31. The first-order chi connectivity index (χ1) is 7.86. The second kappa shape index (κ2) is 5.69. The van der Waals surface area contributed by atoms with Gasteiger partial charge in [0.25, 0.3) is 0 Å². The average molecular weight is 217 g/mol. The molecule has 0 aromatic heterocycles. The fraction of sp³-hybridized carbons (Fsp3) is 0.500. The summed E-state index contributed by atoms with van der Waals surface area (Å²) >= 11 is 0. The Morgan fingerprint density at radius 3 is 2.75 bits per heavy atom. The molecular weight excluding hydrogens is 196 g/mol. The summed E-state index contributed by atoms with van der Waals surface area (Å²) in [6.07, 6.45) is 5.11. The lowest BCUT2D eigenvalue weighted by Gasteiger charge is -2.10. The minimum atomic E-state index is 0.391. The van der Waals surface area contributed by atoms with Crippen molar-refractivity contribution in [2.75, 3.05) is 6.54 Å². The molecule has 0 aliphatic carbocycles.